The molecule has 0 unspecified atom stereocenters. The number of likely N-dealkylation sites (tertiary alicyclic amines) is 1. The van der Waals surface area contributed by atoms with Gasteiger partial charge in [0.15, 0.2) is 0 Å². The summed E-state index contributed by atoms with van der Waals surface area (Å²) in [6.07, 6.45) is 5.76. The van der Waals surface area contributed by atoms with Gasteiger partial charge in [-0.15, -0.1) is 0 Å². The first kappa shape index (κ1) is 24.7. The Labute approximate surface area is 232 Å². The summed E-state index contributed by atoms with van der Waals surface area (Å²) in [5.41, 5.74) is 7.96. The van der Waals surface area contributed by atoms with Crippen molar-refractivity contribution >= 4 is 39.2 Å². The van der Waals surface area contributed by atoms with E-state index < -0.39 is 0 Å². The molecule has 7 rings (SSSR count). The minimum absolute atomic E-state index is 0.0175. The number of benzene rings is 1. The van der Waals surface area contributed by atoms with Crippen molar-refractivity contribution in [3.8, 4) is 22.6 Å². The average Bonchev–Trinajstić information content (AvgIpc) is 3.73. The summed E-state index contributed by atoms with van der Waals surface area (Å²) >= 11 is 0. The summed E-state index contributed by atoms with van der Waals surface area (Å²) in [6.45, 7) is 6.52. The van der Waals surface area contributed by atoms with Crippen LogP contribution in [0.3, 0.4) is 0 Å². The number of fused-ring (bicyclic) bond motifs is 2. The molecule has 6 heterocycles. The number of nitrogens with one attached hydrogen (secondary N) is 3. The number of nitrogens with zero attached hydrogens (tertiary/aromatic N) is 6. The van der Waals surface area contributed by atoms with Crippen LogP contribution in [-0.2, 0) is 4.79 Å². The summed E-state index contributed by atoms with van der Waals surface area (Å²) in [7, 11) is 2.17. The molecule has 1 aromatic carbocycles. The van der Waals surface area contributed by atoms with Gasteiger partial charge in [-0.2, -0.15) is 5.10 Å². The van der Waals surface area contributed by atoms with Crippen molar-refractivity contribution in [2.75, 3.05) is 63.1 Å². The fourth-order valence-corrected chi connectivity index (χ4v) is 5.83. The molecular weight excluding hydrogens is 502 g/mol. The molecule has 0 radical (unpaired) electrons. The maximum Gasteiger partial charge on any atom is 0.238 e. The molecule has 1 amide bonds. The maximum absolute atomic E-state index is 12.6. The normalized spacial score (nSPS) is 16.8. The monoisotopic (exact) mass is 535 g/mol. The topological polar surface area (TPSA) is 109 Å². The molecule has 0 atom stereocenters. The fraction of sp³-hybridized carbons (Fsp3) is 0.333. The molecular formula is C30H33N9O. The van der Waals surface area contributed by atoms with Gasteiger partial charge in [-0.3, -0.25) is 19.8 Å². The van der Waals surface area contributed by atoms with E-state index in [2.05, 4.69) is 71.5 Å². The molecule has 10 nitrogen and oxygen atoms in total. The Morgan fingerprint density at radius 3 is 2.67 bits per heavy atom. The minimum Gasteiger partial charge on any atom is -0.368 e. The summed E-state index contributed by atoms with van der Waals surface area (Å²) < 4.78 is 0. The lowest BCUT2D eigenvalue weighted by Gasteiger charge is -2.34. The largest absolute Gasteiger partial charge is 0.368 e. The van der Waals surface area contributed by atoms with Crippen molar-refractivity contribution < 1.29 is 4.79 Å². The number of pyridine rings is 2. The van der Waals surface area contributed by atoms with Gasteiger partial charge in [0, 0.05) is 54.5 Å². The smallest absolute Gasteiger partial charge is 0.238 e. The van der Waals surface area contributed by atoms with Crippen molar-refractivity contribution in [2.45, 2.75) is 12.8 Å². The van der Waals surface area contributed by atoms with Crippen LogP contribution in [0.4, 0.5) is 11.4 Å². The summed E-state index contributed by atoms with van der Waals surface area (Å²) in [4.78, 5) is 32.5. The lowest BCUT2D eigenvalue weighted by Crippen LogP contribution is -2.44. The molecule has 0 saturated carbocycles. The first-order valence-corrected chi connectivity index (χ1v) is 14.0. The molecule has 204 valence electrons. The molecule has 2 fully saturated rings. The predicted octanol–water partition coefficient (Wildman–Crippen LogP) is 3.95. The van der Waals surface area contributed by atoms with Gasteiger partial charge < -0.3 is 20.1 Å². The van der Waals surface area contributed by atoms with Crippen molar-refractivity contribution in [3.63, 3.8) is 0 Å². The third-order valence-corrected chi connectivity index (χ3v) is 8.03. The molecule has 0 bridgehead atoms. The highest BCUT2D eigenvalue weighted by molar-refractivity contribution is 5.99. The molecule has 5 aromatic rings. The van der Waals surface area contributed by atoms with Crippen LogP contribution in [0.25, 0.3) is 44.6 Å². The summed E-state index contributed by atoms with van der Waals surface area (Å²) in [5, 5.41) is 12.0. The van der Waals surface area contributed by atoms with E-state index in [-0.39, 0.29) is 5.91 Å². The van der Waals surface area contributed by atoms with Gasteiger partial charge in [-0.05, 0) is 69.4 Å². The number of hydrogen-bond acceptors (Lipinski definition) is 7. The van der Waals surface area contributed by atoms with E-state index in [0.717, 1.165) is 91.3 Å². The molecule has 2 saturated heterocycles. The zero-order chi connectivity index (χ0) is 27.1. The standard InChI is InChI=1S/C30H33N9O/c1-37-11-13-39(14-12-37)27-6-4-5-24-22(27)16-26(33-24)30-29-25(35-36-30)8-7-23(34-29)20-15-21(18-31-17-20)32-28(40)19-38-9-2-3-10-38/h4-8,15-18,33H,2-3,9-14,19H2,1H3,(H,32,40)(H,35,36). The lowest BCUT2D eigenvalue weighted by molar-refractivity contribution is -0.117. The van der Waals surface area contributed by atoms with Gasteiger partial charge in [-0.1, -0.05) is 6.07 Å². The second kappa shape index (κ2) is 10.4. The Kier molecular flexibility index (Phi) is 6.41. The zero-order valence-electron chi connectivity index (χ0n) is 22.7. The van der Waals surface area contributed by atoms with E-state index in [9.17, 15) is 4.79 Å². The molecule has 0 spiro atoms. The third-order valence-electron chi connectivity index (χ3n) is 8.03. The van der Waals surface area contributed by atoms with Gasteiger partial charge in [0.2, 0.25) is 5.91 Å². The van der Waals surface area contributed by atoms with E-state index >= 15 is 0 Å². The number of likely N-dealkylation sites (N-methyl/N-ethyl adjacent to an activating group) is 1. The number of carbonyl (C=O) groups excluding carboxylic acids is 1. The molecule has 2 aliphatic heterocycles. The van der Waals surface area contributed by atoms with Crippen LogP contribution >= 0.6 is 0 Å². The number of H-pyrrole nitrogens is 2. The third kappa shape index (κ3) is 4.80. The van der Waals surface area contributed by atoms with Crippen LogP contribution in [0.15, 0.2) is 54.9 Å². The zero-order valence-corrected chi connectivity index (χ0v) is 22.7. The highest BCUT2D eigenvalue weighted by atomic mass is 16.2. The Balaban J connectivity index is 1.18. The molecule has 0 aliphatic carbocycles. The van der Waals surface area contributed by atoms with Crippen LogP contribution in [0, 0.1) is 0 Å². The van der Waals surface area contributed by atoms with Crippen molar-refractivity contribution in [3.05, 3.63) is 54.9 Å². The highest BCUT2D eigenvalue weighted by Gasteiger charge is 2.20. The number of aromatic amines is 2. The van der Waals surface area contributed by atoms with Crippen LogP contribution in [0.1, 0.15) is 12.8 Å². The number of amides is 1. The van der Waals surface area contributed by atoms with Gasteiger partial charge in [0.05, 0.1) is 35.3 Å². The van der Waals surface area contributed by atoms with Gasteiger partial charge in [0.1, 0.15) is 11.2 Å². The summed E-state index contributed by atoms with van der Waals surface area (Å²) in [6, 6.07) is 14.5. The number of piperazine rings is 1. The average molecular weight is 536 g/mol. The Morgan fingerprint density at radius 1 is 0.975 bits per heavy atom. The quantitative estimate of drug-likeness (QED) is 0.302. The lowest BCUT2D eigenvalue weighted by atomic mass is 10.1. The minimum atomic E-state index is -0.0175. The Morgan fingerprint density at radius 2 is 1.82 bits per heavy atom. The second-order valence-electron chi connectivity index (χ2n) is 10.9. The molecule has 4 aromatic heterocycles. The van der Waals surface area contributed by atoms with E-state index in [1.165, 1.54) is 11.1 Å². The Bertz CT molecular complexity index is 1680. The first-order valence-electron chi connectivity index (χ1n) is 14.0. The molecule has 2 aliphatic rings. The van der Waals surface area contributed by atoms with Crippen LogP contribution in [0.2, 0.25) is 0 Å². The van der Waals surface area contributed by atoms with Gasteiger partial charge in [0.25, 0.3) is 0 Å². The summed E-state index contributed by atoms with van der Waals surface area (Å²) in [5.74, 6) is -0.0175. The number of rotatable bonds is 6. The Hall–Kier alpha value is -4.28. The van der Waals surface area contributed by atoms with Gasteiger partial charge >= 0.3 is 0 Å². The van der Waals surface area contributed by atoms with Crippen LogP contribution < -0.4 is 10.2 Å². The number of hydrogen-bond donors (Lipinski definition) is 3. The maximum atomic E-state index is 12.6. The number of aromatic nitrogens is 5. The van der Waals surface area contributed by atoms with E-state index in [0.29, 0.717) is 12.2 Å². The van der Waals surface area contributed by atoms with Gasteiger partial charge in [-0.25, -0.2) is 4.98 Å². The van der Waals surface area contributed by atoms with Crippen molar-refractivity contribution in [1.29, 1.82) is 0 Å². The first-order chi connectivity index (χ1) is 19.6. The highest BCUT2D eigenvalue weighted by Crippen LogP contribution is 2.34. The predicted molar refractivity (Wildman–Crippen MR) is 158 cm³/mol. The second-order valence-corrected chi connectivity index (χ2v) is 10.9. The molecule has 40 heavy (non-hydrogen) atoms. The number of carbonyl (C=O) groups is 1. The van der Waals surface area contributed by atoms with E-state index in [1.54, 1.807) is 12.4 Å². The fourth-order valence-electron chi connectivity index (χ4n) is 5.83. The molecule has 10 heteroatoms. The van der Waals surface area contributed by atoms with Crippen LogP contribution in [-0.4, -0.2) is 93.7 Å². The van der Waals surface area contributed by atoms with E-state index in [4.69, 9.17) is 4.98 Å². The number of anilines is 2. The van der Waals surface area contributed by atoms with Crippen molar-refractivity contribution in [1.82, 2.24) is 34.9 Å². The SMILES string of the molecule is CN1CCN(c2cccc3[nH]c(-c4n[nH]c5ccc(-c6cncc(NC(=O)CN7CCCC7)c6)nc45)cc23)CC1. The molecule has 3 N–H and O–H groups in total. The van der Waals surface area contributed by atoms with Crippen LogP contribution in [0.5, 0.6) is 0 Å². The van der Waals surface area contributed by atoms with Crippen molar-refractivity contribution in [2.24, 2.45) is 0 Å². The van der Waals surface area contributed by atoms with E-state index in [1.807, 2.05) is 18.2 Å².